The van der Waals surface area contributed by atoms with E-state index in [0.29, 0.717) is 26.0 Å². The number of rotatable bonds is 11. The van der Waals surface area contributed by atoms with Gasteiger partial charge in [0.1, 0.15) is 0 Å². The Hall–Kier alpha value is -3.99. The molecule has 0 fully saturated rings. The van der Waals surface area contributed by atoms with E-state index in [4.69, 9.17) is 9.84 Å². The number of hydrogen-bond donors (Lipinski definition) is 0. The molecular weight excluding hydrogens is 448 g/mol. The molecule has 0 aliphatic carbocycles. The number of aryl methyl sites for hydroxylation is 3. The van der Waals surface area contributed by atoms with E-state index in [-0.39, 0.29) is 17.4 Å². The van der Waals surface area contributed by atoms with Gasteiger partial charge in [-0.2, -0.15) is 5.10 Å². The normalized spacial score (nSPS) is 10.9. The van der Waals surface area contributed by atoms with Gasteiger partial charge in [0.2, 0.25) is 0 Å². The molecule has 0 N–H and O–H groups in total. The molecular formula is C31H32N2O3. The van der Waals surface area contributed by atoms with Gasteiger partial charge in [0.05, 0.1) is 18.2 Å². The lowest BCUT2D eigenvalue weighted by atomic mass is 9.88. The van der Waals surface area contributed by atoms with Crippen LogP contribution in [0.5, 0.6) is 0 Å². The van der Waals surface area contributed by atoms with Crippen molar-refractivity contribution in [3.8, 4) is 0 Å². The fraction of sp³-hybridized carbons (Fsp3) is 0.258. The van der Waals surface area contributed by atoms with E-state index in [9.17, 15) is 9.59 Å². The average molecular weight is 481 g/mol. The molecule has 184 valence electrons. The van der Waals surface area contributed by atoms with Gasteiger partial charge < -0.3 is 4.74 Å². The van der Waals surface area contributed by atoms with Crippen molar-refractivity contribution in [2.45, 2.75) is 45.1 Å². The van der Waals surface area contributed by atoms with E-state index >= 15 is 0 Å². The van der Waals surface area contributed by atoms with E-state index < -0.39 is 0 Å². The summed E-state index contributed by atoms with van der Waals surface area (Å²) in [6, 6.07) is 32.3. The van der Waals surface area contributed by atoms with Crippen LogP contribution in [0.15, 0.2) is 102 Å². The Morgan fingerprint density at radius 2 is 1.47 bits per heavy atom. The number of carbonyl (C=O) groups is 1. The highest BCUT2D eigenvalue weighted by molar-refractivity contribution is 5.69. The van der Waals surface area contributed by atoms with Crippen LogP contribution in [0.2, 0.25) is 0 Å². The third kappa shape index (κ3) is 6.79. The largest absolute Gasteiger partial charge is 0.466 e. The van der Waals surface area contributed by atoms with Crippen molar-refractivity contribution in [1.82, 2.24) is 9.78 Å². The molecule has 0 atom stereocenters. The topological polar surface area (TPSA) is 61.2 Å². The van der Waals surface area contributed by atoms with Crippen LogP contribution < -0.4 is 5.56 Å². The van der Waals surface area contributed by atoms with E-state index in [2.05, 4.69) is 36.4 Å². The first-order valence-electron chi connectivity index (χ1n) is 12.6. The van der Waals surface area contributed by atoms with Crippen LogP contribution in [0.3, 0.4) is 0 Å². The Balaban J connectivity index is 1.46. The van der Waals surface area contributed by atoms with Crippen LogP contribution in [0.25, 0.3) is 0 Å². The Morgan fingerprint density at radius 3 is 2.11 bits per heavy atom. The van der Waals surface area contributed by atoms with Crippen molar-refractivity contribution < 1.29 is 9.53 Å². The number of nitrogens with zero attached hydrogens (tertiary/aromatic N) is 2. The minimum atomic E-state index is -0.169. The second-order valence-electron chi connectivity index (χ2n) is 8.80. The fourth-order valence-electron chi connectivity index (χ4n) is 4.46. The van der Waals surface area contributed by atoms with Crippen LogP contribution in [0.4, 0.5) is 0 Å². The maximum atomic E-state index is 12.6. The van der Waals surface area contributed by atoms with Crippen LogP contribution in [-0.2, 0) is 28.9 Å². The van der Waals surface area contributed by atoms with Crippen LogP contribution in [0, 0.1) is 0 Å². The second-order valence-corrected chi connectivity index (χ2v) is 8.80. The van der Waals surface area contributed by atoms with E-state index in [0.717, 1.165) is 35.2 Å². The van der Waals surface area contributed by atoms with Crippen molar-refractivity contribution in [2.75, 3.05) is 6.61 Å². The zero-order valence-corrected chi connectivity index (χ0v) is 20.7. The molecule has 0 spiro atoms. The Kier molecular flexibility index (Phi) is 8.82. The molecule has 4 aromatic rings. The first kappa shape index (κ1) is 25.1. The average Bonchev–Trinajstić information content (AvgIpc) is 2.91. The molecule has 0 saturated carbocycles. The molecule has 1 heterocycles. The second kappa shape index (κ2) is 12.6. The molecule has 1 aromatic heterocycles. The number of aromatic nitrogens is 2. The molecule has 0 aliphatic rings. The first-order valence-corrected chi connectivity index (χ1v) is 12.6. The third-order valence-electron chi connectivity index (χ3n) is 6.20. The quantitative estimate of drug-likeness (QED) is 0.264. The van der Waals surface area contributed by atoms with Gasteiger partial charge in [-0.15, -0.1) is 0 Å². The molecule has 0 saturated heterocycles. The van der Waals surface area contributed by atoms with E-state index in [1.807, 2.05) is 61.5 Å². The predicted molar refractivity (Wildman–Crippen MR) is 142 cm³/mol. The smallest absolute Gasteiger partial charge is 0.306 e. The molecule has 0 amide bonds. The van der Waals surface area contributed by atoms with E-state index in [1.165, 1.54) is 5.56 Å². The molecule has 5 heteroatoms. The Morgan fingerprint density at radius 1 is 0.833 bits per heavy atom. The molecule has 0 radical (unpaired) electrons. The molecule has 4 rings (SSSR count). The van der Waals surface area contributed by atoms with Crippen molar-refractivity contribution in [3.63, 3.8) is 0 Å². The van der Waals surface area contributed by atoms with E-state index in [1.54, 1.807) is 10.7 Å². The molecule has 36 heavy (non-hydrogen) atoms. The van der Waals surface area contributed by atoms with Crippen molar-refractivity contribution in [2.24, 2.45) is 0 Å². The van der Waals surface area contributed by atoms with Gasteiger partial charge in [0, 0.05) is 19.0 Å². The Bertz CT molecular complexity index is 1280. The number of esters is 1. The summed E-state index contributed by atoms with van der Waals surface area (Å²) in [7, 11) is 0. The minimum absolute atomic E-state index is 0.0460. The maximum absolute atomic E-state index is 12.6. The lowest BCUT2D eigenvalue weighted by Crippen LogP contribution is -2.24. The molecule has 0 unspecified atom stereocenters. The maximum Gasteiger partial charge on any atom is 0.306 e. The SMILES string of the molecule is CCOC(=O)CCc1cccc(CCCn2nc(C(c3ccccc3)c3ccccc3)ccc2=O)c1. The molecule has 0 bridgehead atoms. The number of ether oxygens (including phenoxy) is 1. The molecule has 5 nitrogen and oxygen atoms in total. The van der Waals surface area contributed by atoms with Gasteiger partial charge in [0.25, 0.3) is 5.56 Å². The van der Waals surface area contributed by atoms with Crippen LogP contribution in [0.1, 0.15) is 53.6 Å². The van der Waals surface area contributed by atoms with Gasteiger partial charge in [-0.3, -0.25) is 9.59 Å². The standard InChI is InChI=1S/C31H32N2O3/c1-2-36-30(35)21-18-25-12-9-11-24(23-25)13-10-22-33-29(34)20-19-28(32-33)31(26-14-5-3-6-15-26)27-16-7-4-8-17-27/h3-9,11-12,14-17,19-20,23,31H,2,10,13,18,21-22H2,1H3. The zero-order valence-electron chi connectivity index (χ0n) is 20.7. The summed E-state index contributed by atoms with van der Waals surface area (Å²) in [5.41, 5.74) is 5.34. The monoisotopic (exact) mass is 480 g/mol. The van der Waals surface area contributed by atoms with Crippen molar-refractivity contribution in [1.29, 1.82) is 0 Å². The summed E-state index contributed by atoms with van der Waals surface area (Å²) in [6.45, 7) is 2.76. The predicted octanol–water partition coefficient (Wildman–Crippen LogP) is 5.55. The lowest BCUT2D eigenvalue weighted by molar-refractivity contribution is -0.143. The highest BCUT2D eigenvalue weighted by Crippen LogP contribution is 2.30. The summed E-state index contributed by atoms with van der Waals surface area (Å²) in [6.07, 6.45) is 2.66. The Labute approximate surface area is 212 Å². The third-order valence-corrected chi connectivity index (χ3v) is 6.20. The van der Waals surface area contributed by atoms with Gasteiger partial charge >= 0.3 is 5.97 Å². The summed E-state index contributed by atoms with van der Waals surface area (Å²) in [5, 5.41) is 4.79. The van der Waals surface area contributed by atoms with Crippen LogP contribution in [-0.4, -0.2) is 22.4 Å². The number of hydrogen-bond acceptors (Lipinski definition) is 4. The van der Waals surface area contributed by atoms with Crippen molar-refractivity contribution >= 4 is 5.97 Å². The highest BCUT2D eigenvalue weighted by Gasteiger charge is 2.19. The van der Waals surface area contributed by atoms with Gasteiger partial charge in [-0.05, 0) is 54.5 Å². The van der Waals surface area contributed by atoms with Crippen LogP contribution >= 0.6 is 0 Å². The molecule has 3 aromatic carbocycles. The van der Waals surface area contributed by atoms with Gasteiger partial charge in [-0.25, -0.2) is 4.68 Å². The molecule has 0 aliphatic heterocycles. The highest BCUT2D eigenvalue weighted by atomic mass is 16.5. The van der Waals surface area contributed by atoms with Crippen molar-refractivity contribution in [3.05, 3.63) is 135 Å². The first-order chi connectivity index (χ1) is 17.6. The summed E-state index contributed by atoms with van der Waals surface area (Å²) in [5.74, 6) is -0.215. The number of carbonyl (C=O) groups excluding carboxylic acids is 1. The zero-order chi connectivity index (χ0) is 25.2. The van der Waals surface area contributed by atoms with Gasteiger partial charge in [-0.1, -0.05) is 84.9 Å². The van der Waals surface area contributed by atoms with Gasteiger partial charge in [0.15, 0.2) is 0 Å². The number of benzene rings is 3. The summed E-state index contributed by atoms with van der Waals surface area (Å²) < 4.78 is 6.61. The minimum Gasteiger partial charge on any atom is -0.466 e. The fourth-order valence-corrected chi connectivity index (χ4v) is 4.46. The summed E-state index contributed by atoms with van der Waals surface area (Å²) in [4.78, 5) is 24.3. The summed E-state index contributed by atoms with van der Waals surface area (Å²) >= 11 is 0. The lowest BCUT2D eigenvalue weighted by Gasteiger charge is -2.18.